The molecule has 0 radical (unpaired) electrons. The van der Waals surface area contributed by atoms with Crippen LogP contribution in [0.1, 0.15) is 59.3 Å². The summed E-state index contributed by atoms with van der Waals surface area (Å²) in [5.41, 5.74) is 5.97. The van der Waals surface area contributed by atoms with Crippen molar-refractivity contribution in [3.8, 4) is 0 Å². The van der Waals surface area contributed by atoms with Crippen LogP contribution in [0.3, 0.4) is 0 Å². The predicted octanol–water partition coefficient (Wildman–Crippen LogP) is 3.10. The number of ether oxygens (including phenoxy) is 1. The van der Waals surface area contributed by atoms with E-state index in [1.54, 1.807) is 0 Å². The molecule has 86 valence electrons. The molecule has 0 aliphatic carbocycles. The zero-order chi connectivity index (χ0) is 10.9. The molecule has 0 spiro atoms. The van der Waals surface area contributed by atoms with Gasteiger partial charge in [-0.3, -0.25) is 0 Å². The standard InChI is InChI=1S/C12H27NO/c1-4-6-7-8-9-10-12(3,13)11-14-5-2/h4-11,13H2,1-3H3. The van der Waals surface area contributed by atoms with Crippen LogP contribution in [0, 0.1) is 0 Å². The average Bonchev–Trinajstić information content (AvgIpc) is 2.15. The van der Waals surface area contributed by atoms with E-state index in [4.69, 9.17) is 10.5 Å². The molecule has 0 saturated heterocycles. The maximum absolute atomic E-state index is 6.09. The van der Waals surface area contributed by atoms with E-state index in [1.165, 1.54) is 32.1 Å². The van der Waals surface area contributed by atoms with Gasteiger partial charge in [-0.15, -0.1) is 0 Å². The van der Waals surface area contributed by atoms with E-state index in [9.17, 15) is 0 Å². The molecule has 0 aromatic rings. The first-order chi connectivity index (χ1) is 6.62. The van der Waals surface area contributed by atoms with Crippen molar-refractivity contribution >= 4 is 0 Å². The van der Waals surface area contributed by atoms with Crippen LogP contribution in [0.4, 0.5) is 0 Å². The van der Waals surface area contributed by atoms with Gasteiger partial charge >= 0.3 is 0 Å². The first kappa shape index (κ1) is 13.9. The van der Waals surface area contributed by atoms with Gasteiger partial charge < -0.3 is 10.5 Å². The smallest absolute Gasteiger partial charge is 0.0643 e. The lowest BCUT2D eigenvalue weighted by molar-refractivity contribution is 0.0964. The van der Waals surface area contributed by atoms with Crippen LogP contribution in [0.15, 0.2) is 0 Å². The number of hydrogen-bond donors (Lipinski definition) is 1. The summed E-state index contributed by atoms with van der Waals surface area (Å²) in [7, 11) is 0. The molecule has 0 aliphatic heterocycles. The minimum Gasteiger partial charge on any atom is -0.380 e. The summed E-state index contributed by atoms with van der Waals surface area (Å²) >= 11 is 0. The number of unbranched alkanes of at least 4 members (excludes halogenated alkanes) is 4. The molecule has 0 heterocycles. The van der Waals surface area contributed by atoms with Crippen LogP contribution in [-0.4, -0.2) is 18.8 Å². The second-order valence-corrected chi connectivity index (χ2v) is 4.46. The molecular weight excluding hydrogens is 174 g/mol. The maximum Gasteiger partial charge on any atom is 0.0643 e. The molecule has 0 aromatic heterocycles. The summed E-state index contributed by atoms with van der Waals surface area (Å²) in [6.07, 6.45) is 7.64. The number of nitrogens with two attached hydrogens (primary N) is 1. The number of rotatable bonds is 9. The Labute approximate surface area is 89.2 Å². The van der Waals surface area contributed by atoms with Crippen molar-refractivity contribution in [3.05, 3.63) is 0 Å². The zero-order valence-electron chi connectivity index (χ0n) is 10.1. The second kappa shape index (κ2) is 8.25. The highest BCUT2D eigenvalue weighted by Gasteiger charge is 2.17. The van der Waals surface area contributed by atoms with E-state index in [0.717, 1.165) is 13.0 Å². The van der Waals surface area contributed by atoms with Gasteiger partial charge in [0.05, 0.1) is 6.61 Å². The largest absolute Gasteiger partial charge is 0.380 e. The lowest BCUT2D eigenvalue weighted by Crippen LogP contribution is -2.41. The molecule has 1 unspecified atom stereocenters. The van der Waals surface area contributed by atoms with Crippen LogP contribution in [0.5, 0.6) is 0 Å². The molecule has 2 heteroatoms. The van der Waals surface area contributed by atoms with Crippen molar-refractivity contribution < 1.29 is 4.74 Å². The van der Waals surface area contributed by atoms with E-state index >= 15 is 0 Å². The highest BCUT2D eigenvalue weighted by Crippen LogP contribution is 2.13. The van der Waals surface area contributed by atoms with Gasteiger partial charge in [-0.25, -0.2) is 0 Å². The Morgan fingerprint density at radius 3 is 2.29 bits per heavy atom. The summed E-state index contributed by atoms with van der Waals surface area (Å²) in [4.78, 5) is 0. The van der Waals surface area contributed by atoms with E-state index < -0.39 is 0 Å². The Hall–Kier alpha value is -0.0800. The molecule has 1 atom stereocenters. The summed E-state index contributed by atoms with van der Waals surface area (Å²) < 4.78 is 5.35. The van der Waals surface area contributed by atoms with Crippen LogP contribution in [0.2, 0.25) is 0 Å². The second-order valence-electron chi connectivity index (χ2n) is 4.46. The minimum atomic E-state index is -0.123. The molecule has 0 amide bonds. The van der Waals surface area contributed by atoms with Crippen molar-refractivity contribution in [2.45, 2.75) is 64.8 Å². The van der Waals surface area contributed by atoms with Crippen molar-refractivity contribution in [1.29, 1.82) is 0 Å². The fourth-order valence-electron chi connectivity index (χ4n) is 1.54. The SMILES string of the molecule is CCCCCCCC(C)(N)COCC. The quantitative estimate of drug-likeness (QED) is 0.582. The Kier molecular flexibility index (Phi) is 8.20. The van der Waals surface area contributed by atoms with E-state index in [-0.39, 0.29) is 5.54 Å². The zero-order valence-corrected chi connectivity index (χ0v) is 10.1. The topological polar surface area (TPSA) is 35.2 Å². The van der Waals surface area contributed by atoms with Crippen molar-refractivity contribution in [2.75, 3.05) is 13.2 Å². The molecule has 2 nitrogen and oxygen atoms in total. The highest BCUT2D eigenvalue weighted by molar-refractivity contribution is 4.77. The van der Waals surface area contributed by atoms with Gasteiger partial charge in [0.1, 0.15) is 0 Å². The van der Waals surface area contributed by atoms with E-state index in [0.29, 0.717) is 6.61 Å². The summed E-state index contributed by atoms with van der Waals surface area (Å²) in [6.45, 7) is 7.79. The van der Waals surface area contributed by atoms with Crippen LogP contribution in [-0.2, 0) is 4.74 Å². The predicted molar refractivity (Wildman–Crippen MR) is 62.5 cm³/mol. The van der Waals surface area contributed by atoms with Crippen LogP contribution < -0.4 is 5.73 Å². The normalized spacial score (nSPS) is 15.4. The Morgan fingerprint density at radius 2 is 1.71 bits per heavy atom. The van der Waals surface area contributed by atoms with Gasteiger partial charge in [0.15, 0.2) is 0 Å². The van der Waals surface area contributed by atoms with Gasteiger partial charge in [-0.1, -0.05) is 39.0 Å². The highest BCUT2D eigenvalue weighted by atomic mass is 16.5. The monoisotopic (exact) mass is 201 g/mol. The lowest BCUT2D eigenvalue weighted by atomic mass is 9.96. The van der Waals surface area contributed by atoms with Gasteiger partial charge in [0, 0.05) is 12.1 Å². The third-order valence-corrected chi connectivity index (χ3v) is 2.49. The molecule has 0 saturated carbocycles. The van der Waals surface area contributed by atoms with Gasteiger partial charge in [0.2, 0.25) is 0 Å². The van der Waals surface area contributed by atoms with Crippen LogP contribution >= 0.6 is 0 Å². The van der Waals surface area contributed by atoms with E-state index in [2.05, 4.69) is 13.8 Å². The van der Waals surface area contributed by atoms with Crippen molar-refractivity contribution in [1.82, 2.24) is 0 Å². The van der Waals surface area contributed by atoms with Gasteiger partial charge in [-0.05, 0) is 20.3 Å². The molecule has 0 aromatic carbocycles. The Balaban J connectivity index is 3.35. The first-order valence-corrected chi connectivity index (χ1v) is 5.99. The number of hydrogen-bond acceptors (Lipinski definition) is 2. The summed E-state index contributed by atoms with van der Waals surface area (Å²) in [5, 5.41) is 0. The van der Waals surface area contributed by atoms with E-state index in [1.807, 2.05) is 6.92 Å². The molecule has 0 rings (SSSR count). The fourth-order valence-corrected chi connectivity index (χ4v) is 1.54. The first-order valence-electron chi connectivity index (χ1n) is 5.99. The van der Waals surface area contributed by atoms with Gasteiger partial charge in [0.25, 0.3) is 0 Å². The summed E-state index contributed by atoms with van der Waals surface area (Å²) in [6, 6.07) is 0. The molecule has 2 N–H and O–H groups in total. The molecule has 14 heavy (non-hydrogen) atoms. The third-order valence-electron chi connectivity index (χ3n) is 2.49. The van der Waals surface area contributed by atoms with Gasteiger partial charge in [-0.2, -0.15) is 0 Å². The molecule has 0 bridgehead atoms. The molecule has 0 aliphatic rings. The summed E-state index contributed by atoms with van der Waals surface area (Å²) in [5.74, 6) is 0. The minimum absolute atomic E-state index is 0.123. The molecule has 0 fully saturated rings. The van der Waals surface area contributed by atoms with Crippen LogP contribution in [0.25, 0.3) is 0 Å². The van der Waals surface area contributed by atoms with Crippen molar-refractivity contribution in [2.24, 2.45) is 5.73 Å². The Bertz CT molecular complexity index is 123. The third kappa shape index (κ3) is 8.52. The average molecular weight is 201 g/mol. The maximum atomic E-state index is 6.09. The molecular formula is C12H27NO. The fraction of sp³-hybridized carbons (Fsp3) is 1.00. The van der Waals surface area contributed by atoms with Crippen molar-refractivity contribution in [3.63, 3.8) is 0 Å². The Morgan fingerprint density at radius 1 is 1.07 bits per heavy atom. The lowest BCUT2D eigenvalue weighted by Gasteiger charge is -2.24.